The Morgan fingerprint density at radius 1 is 1.58 bits per heavy atom. The third-order valence-corrected chi connectivity index (χ3v) is 3.65. The second-order valence-corrected chi connectivity index (χ2v) is 4.69. The second kappa shape index (κ2) is 5.14. The molecule has 6 heteroatoms. The number of benzene rings is 1. The Hall–Kier alpha value is -1.66. The van der Waals surface area contributed by atoms with Crippen LogP contribution in [0.15, 0.2) is 24.3 Å². The fourth-order valence-electron chi connectivity index (χ4n) is 2.68. The summed E-state index contributed by atoms with van der Waals surface area (Å²) in [5.41, 5.74) is -1.06. The summed E-state index contributed by atoms with van der Waals surface area (Å²) >= 11 is 0. The van der Waals surface area contributed by atoms with E-state index in [9.17, 15) is 14.3 Å². The van der Waals surface area contributed by atoms with Gasteiger partial charge in [-0.1, -0.05) is 18.2 Å². The maximum atomic E-state index is 14.0. The van der Waals surface area contributed by atoms with Crippen LogP contribution in [0.25, 0.3) is 0 Å². The van der Waals surface area contributed by atoms with E-state index in [1.54, 1.807) is 13.0 Å². The number of carbonyl (C=O) groups is 1. The Morgan fingerprint density at radius 2 is 2.26 bits per heavy atom. The summed E-state index contributed by atoms with van der Waals surface area (Å²) in [6.07, 6.45) is -1.64. The van der Waals surface area contributed by atoms with Gasteiger partial charge in [-0.05, 0) is 13.0 Å². The van der Waals surface area contributed by atoms with Gasteiger partial charge in [-0.25, -0.2) is 9.18 Å². The first kappa shape index (κ1) is 13.8. The zero-order chi connectivity index (χ0) is 14.0. The molecule has 1 aromatic carbocycles. The van der Waals surface area contributed by atoms with Gasteiger partial charge in [0.25, 0.3) is 0 Å². The Balaban J connectivity index is 2.52. The summed E-state index contributed by atoms with van der Waals surface area (Å²) in [6, 6.07) is 5.93. The van der Waals surface area contributed by atoms with Crippen molar-refractivity contribution in [1.82, 2.24) is 5.32 Å². The van der Waals surface area contributed by atoms with Crippen LogP contribution in [-0.4, -0.2) is 35.6 Å². The molecule has 0 spiro atoms. The van der Waals surface area contributed by atoms with Gasteiger partial charge in [0, 0.05) is 11.5 Å². The highest BCUT2D eigenvalue weighted by Crippen LogP contribution is 2.40. The molecule has 5 nitrogen and oxygen atoms in total. The Bertz CT molecular complexity index is 481. The molecule has 1 aromatic rings. The van der Waals surface area contributed by atoms with Crippen molar-refractivity contribution in [1.29, 1.82) is 0 Å². The van der Waals surface area contributed by atoms with Gasteiger partial charge in [-0.3, -0.25) is 0 Å². The number of ether oxygens (including phenoxy) is 1. The largest absolute Gasteiger partial charge is 0.465 e. The summed E-state index contributed by atoms with van der Waals surface area (Å²) < 4.78 is 19.4. The molecule has 0 saturated carbocycles. The highest BCUT2D eigenvalue weighted by molar-refractivity contribution is 5.66. The number of amides is 1. The molecule has 3 N–H and O–H groups in total. The summed E-state index contributed by atoms with van der Waals surface area (Å²) in [5, 5.41) is 20.9. The van der Waals surface area contributed by atoms with E-state index in [-0.39, 0.29) is 24.9 Å². The van der Waals surface area contributed by atoms with Gasteiger partial charge in [-0.15, -0.1) is 0 Å². The molecular formula is C13H16FNO4. The minimum atomic E-state index is -1.28. The number of halogens is 1. The van der Waals surface area contributed by atoms with Gasteiger partial charge >= 0.3 is 6.09 Å². The van der Waals surface area contributed by atoms with Gasteiger partial charge in [0.05, 0.1) is 19.3 Å². The number of carboxylic acid groups (broad SMARTS) is 1. The normalized spacial score (nSPS) is 30.3. The molecular weight excluding hydrogens is 253 g/mol. The van der Waals surface area contributed by atoms with Crippen LogP contribution in [-0.2, 0) is 10.3 Å². The first-order valence-electron chi connectivity index (χ1n) is 6.00. The van der Waals surface area contributed by atoms with Crippen LogP contribution in [0.3, 0.4) is 0 Å². The molecule has 1 saturated heterocycles. The van der Waals surface area contributed by atoms with Crippen molar-refractivity contribution in [3.63, 3.8) is 0 Å². The fraction of sp³-hybridized carbons (Fsp3) is 0.462. The van der Waals surface area contributed by atoms with Crippen molar-refractivity contribution < 1.29 is 24.1 Å². The van der Waals surface area contributed by atoms with E-state index in [1.165, 1.54) is 18.2 Å². The van der Waals surface area contributed by atoms with Crippen molar-refractivity contribution in [2.45, 2.75) is 18.6 Å². The van der Waals surface area contributed by atoms with E-state index in [0.29, 0.717) is 0 Å². The maximum absolute atomic E-state index is 14.0. The average molecular weight is 269 g/mol. The zero-order valence-corrected chi connectivity index (χ0v) is 10.5. The third kappa shape index (κ3) is 2.29. The molecule has 1 fully saturated rings. The molecule has 0 aliphatic carbocycles. The number of aliphatic hydroxyl groups excluding tert-OH is 1. The highest BCUT2D eigenvalue weighted by Gasteiger charge is 2.51. The summed E-state index contributed by atoms with van der Waals surface area (Å²) in [7, 11) is 0. The minimum Gasteiger partial charge on any atom is -0.465 e. The molecule has 0 unspecified atom stereocenters. The molecule has 0 radical (unpaired) electrons. The van der Waals surface area contributed by atoms with Gasteiger partial charge in [0.1, 0.15) is 11.4 Å². The van der Waals surface area contributed by atoms with Crippen LogP contribution in [0.1, 0.15) is 12.5 Å². The molecule has 104 valence electrons. The van der Waals surface area contributed by atoms with Crippen molar-refractivity contribution in [3.05, 3.63) is 35.6 Å². The molecule has 1 aliphatic heterocycles. The van der Waals surface area contributed by atoms with Crippen LogP contribution in [0.4, 0.5) is 9.18 Å². The standard InChI is InChI=1S/C13H16FNO4/c1-8-10(6-16)13(7-19-8,15-12(17)18)9-4-2-3-5-11(9)14/h2-5,8,10,15-16H,6-7H2,1H3,(H,17,18)/t8-,10-,13-/m1/s1. The lowest BCUT2D eigenvalue weighted by Gasteiger charge is -2.34. The molecule has 2 rings (SSSR count). The van der Waals surface area contributed by atoms with E-state index in [0.717, 1.165) is 0 Å². The summed E-state index contributed by atoms with van der Waals surface area (Å²) in [5.74, 6) is -1.06. The smallest absolute Gasteiger partial charge is 0.405 e. The topological polar surface area (TPSA) is 78.8 Å². The summed E-state index contributed by atoms with van der Waals surface area (Å²) in [6.45, 7) is 1.43. The Kier molecular flexibility index (Phi) is 3.73. The number of aliphatic hydroxyl groups is 1. The molecule has 1 amide bonds. The van der Waals surface area contributed by atoms with Crippen LogP contribution in [0.2, 0.25) is 0 Å². The molecule has 3 atom stereocenters. The predicted octanol–water partition coefficient (Wildman–Crippen LogP) is 1.32. The van der Waals surface area contributed by atoms with E-state index in [1.807, 2.05) is 0 Å². The average Bonchev–Trinajstić information content (AvgIpc) is 2.66. The SMILES string of the molecule is C[C@H]1OC[C@@](NC(=O)O)(c2ccccc2F)[C@@H]1CO. The molecule has 19 heavy (non-hydrogen) atoms. The van der Waals surface area contributed by atoms with Gasteiger partial charge in [0.15, 0.2) is 0 Å². The van der Waals surface area contributed by atoms with E-state index < -0.39 is 23.4 Å². The Morgan fingerprint density at radius 3 is 2.84 bits per heavy atom. The van der Waals surface area contributed by atoms with E-state index >= 15 is 0 Å². The van der Waals surface area contributed by atoms with Crippen LogP contribution in [0, 0.1) is 11.7 Å². The van der Waals surface area contributed by atoms with Crippen molar-refractivity contribution in [2.24, 2.45) is 5.92 Å². The number of rotatable bonds is 3. The number of hydrogen-bond donors (Lipinski definition) is 3. The van der Waals surface area contributed by atoms with Gasteiger partial charge < -0.3 is 20.3 Å². The highest BCUT2D eigenvalue weighted by atomic mass is 19.1. The minimum absolute atomic E-state index is 0.00731. The maximum Gasteiger partial charge on any atom is 0.405 e. The van der Waals surface area contributed by atoms with Crippen molar-refractivity contribution >= 4 is 6.09 Å². The second-order valence-electron chi connectivity index (χ2n) is 4.69. The first-order valence-corrected chi connectivity index (χ1v) is 6.00. The molecule has 1 heterocycles. The van der Waals surface area contributed by atoms with Crippen LogP contribution in [0.5, 0.6) is 0 Å². The fourth-order valence-corrected chi connectivity index (χ4v) is 2.68. The monoisotopic (exact) mass is 269 g/mol. The summed E-state index contributed by atoms with van der Waals surface area (Å²) in [4.78, 5) is 11.0. The lowest BCUT2D eigenvalue weighted by molar-refractivity contribution is 0.0859. The third-order valence-electron chi connectivity index (χ3n) is 3.65. The Labute approximate surface area is 110 Å². The van der Waals surface area contributed by atoms with Gasteiger partial charge in [0.2, 0.25) is 0 Å². The van der Waals surface area contributed by atoms with E-state index in [2.05, 4.69) is 5.32 Å². The quantitative estimate of drug-likeness (QED) is 0.773. The van der Waals surface area contributed by atoms with E-state index in [4.69, 9.17) is 9.84 Å². The van der Waals surface area contributed by atoms with Crippen molar-refractivity contribution in [2.75, 3.05) is 13.2 Å². The van der Waals surface area contributed by atoms with Crippen LogP contribution < -0.4 is 5.32 Å². The molecule has 0 aromatic heterocycles. The zero-order valence-electron chi connectivity index (χ0n) is 10.5. The number of nitrogens with one attached hydrogen (secondary N) is 1. The first-order chi connectivity index (χ1) is 9.01. The van der Waals surface area contributed by atoms with Crippen LogP contribution >= 0.6 is 0 Å². The van der Waals surface area contributed by atoms with Crippen molar-refractivity contribution in [3.8, 4) is 0 Å². The molecule has 0 bridgehead atoms. The lowest BCUT2D eigenvalue weighted by Crippen LogP contribution is -2.53. The predicted molar refractivity (Wildman–Crippen MR) is 65.2 cm³/mol. The molecule has 1 aliphatic rings. The van der Waals surface area contributed by atoms with Gasteiger partial charge in [-0.2, -0.15) is 0 Å². The number of hydrogen-bond acceptors (Lipinski definition) is 3. The lowest BCUT2D eigenvalue weighted by atomic mass is 9.78.